The molecule has 1 amide bonds. The molecule has 0 bridgehead atoms. The molecule has 1 saturated carbocycles. The lowest BCUT2D eigenvalue weighted by molar-refractivity contribution is 0.0927. The van der Waals surface area contributed by atoms with Crippen LogP contribution in [0.1, 0.15) is 80.8 Å². The fourth-order valence-corrected chi connectivity index (χ4v) is 5.20. The third kappa shape index (κ3) is 5.01. The Bertz CT molecular complexity index is 1150. The van der Waals surface area contributed by atoms with Gasteiger partial charge in [0.1, 0.15) is 11.5 Å². The van der Waals surface area contributed by atoms with Gasteiger partial charge < -0.3 is 14.3 Å². The molecule has 0 radical (unpaired) electrons. The average molecular weight is 462 g/mol. The van der Waals surface area contributed by atoms with Crippen molar-refractivity contribution in [3.63, 3.8) is 0 Å². The second-order valence-corrected chi connectivity index (χ2v) is 9.43. The Morgan fingerprint density at radius 3 is 2.65 bits per heavy atom. The molecule has 0 unspecified atom stereocenters. The van der Waals surface area contributed by atoms with Crippen molar-refractivity contribution in [1.29, 1.82) is 0 Å². The van der Waals surface area contributed by atoms with Gasteiger partial charge >= 0.3 is 0 Å². The zero-order valence-electron chi connectivity index (χ0n) is 19.6. The summed E-state index contributed by atoms with van der Waals surface area (Å²) in [7, 11) is 0. The van der Waals surface area contributed by atoms with Gasteiger partial charge in [-0.25, -0.2) is 9.37 Å². The lowest BCUT2D eigenvalue weighted by atomic mass is 9.95. The molecule has 5 nitrogen and oxygen atoms in total. The van der Waals surface area contributed by atoms with Crippen LogP contribution >= 0.6 is 0 Å². The number of imidazole rings is 1. The summed E-state index contributed by atoms with van der Waals surface area (Å²) in [5, 5.41) is 3.00. The molecule has 178 valence electrons. The number of benzene rings is 1. The summed E-state index contributed by atoms with van der Waals surface area (Å²) < 4.78 is 21.8. The maximum absolute atomic E-state index is 13.5. The number of aromatic nitrogens is 2. The van der Waals surface area contributed by atoms with Crippen LogP contribution in [0.15, 0.2) is 58.8 Å². The van der Waals surface area contributed by atoms with Gasteiger partial charge in [0.25, 0.3) is 5.91 Å². The normalized spacial score (nSPS) is 16.9. The maximum atomic E-state index is 13.5. The van der Waals surface area contributed by atoms with Crippen LogP contribution in [0, 0.1) is 5.82 Å². The molecule has 2 heterocycles. The van der Waals surface area contributed by atoms with Crippen molar-refractivity contribution < 1.29 is 13.6 Å². The average Bonchev–Trinajstić information content (AvgIpc) is 3.53. The van der Waals surface area contributed by atoms with E-state index in [0.717, 1.165) is 49.1 Å². The number of rotatable bonds is 7. The topological polar surface area (TPSA) is 60.1 Å². The Hall–Kier alpha value is -3.15. The monoisotopic (exact) mass is 461 g/mol. The first-order valence-corrected chi connectivity index (χ1v) is 12.6. The first-order valence-electron chi connectivity index (χ1n) is 12.6. The van der Waals surface area contributed by atoms with Crippen molar-refractivity contribution in [2.24, 2.45) is 0 Å². The minimum absolute atomic E-state index is 0.199. The van der Waals surface area contributed by atoms with Gasteiger partial charge in [0.2, 0.25) is 0 Å². The van der Waals surface area contributed by atoms with Crippen molar-refractivity contribution in [3.8, 4) is 22.7 Å². The van der Waals surface area contributed by atoms with Crippen LogP contribution in [0.3, 0.4) is 0 Å². The minimum atomic E-state index is -0.280. The van der Waals surface area contributed by atoms with E-state index in [4.69, 9.17) is 9.40 Å². The Balaban J connectivity index is 1.38. The van der Waals surface area contributed by atoms with Crippen molar-refractivity contribution in [3.05, 3.63) is 66.0 Å². The quantitative estimate of drug-likeness (QED) is 0.383. The number of carbonyl (C=O) groups is 1. The third-order valence-electron chi connectivity index (χ3n) is 7.06. The highest BCUT2D eigenvalue weighted by Crippen LogP contribution is 2.38. The first-order chi connectivity index (χ1) is 16.7. The van der Waals surface area contributed by atoms with E-state index in [1.165, 1.54) is 49.8 Å². The molecule has 1 aromatic carbocycles. The van der Waals surface area contributed by atoms with E-state index in [1.54, 1.807) is 18.2 Å². The van der Waals surface area contributed by atoms with Gasteiger partial charge in [0, 0.05) is 18.2 Å². The van der Waals surface area contributed by atoms with Crippen LogP contribution in [0.2, 0.25) is 0 Å². The molecule has 0 saturated heterocycles. The molecule has 2 aliphatic rings. The highest BCUT2D eigenvalue weighted by molar-refractivity contribution is 5.92. The Morgan fingerprint density at radius 1 is 1.06 bits per heavy atom. The summed E-state index contributed by atoms with van der Waals surface area (Å²) in [5.74, 6) is 0.435. The van der Waals surface area contributed by atoms with Gasteiger partial charge in [-0.1, -0.05) is 30.9 Å². The predicted octanol–water partition coefficient (Wildman–Crippen LogP) is 7.07. The molecule has 5 rings (SSSR count). The van der Waals surface area contributed by atoms with Gasteiger partial charge in [-0.2, -0.15) is 0 Å². The molecule has 1 fully saturated rings. The molecule has 3 aromatic rings. The smallest absolute Gasteiger partial charge is 0.287 e. The fraction of sp³-hybridized carbons (Fsp3) is 0.429. The first kappa shape index (κ1) is 22.6. The summed E-state index contributed by atoms with van der Waals surface area (Å²) in [6, 6.07) is 10.3. The van der Waals surface area contributed by atoms with E-state index in [0.29, 0.717) is 24.1 Å². The summed E-state index contributed by atoms with van der Waals surface area (Å²) in [4.78, 5) is 17.5. The number of nitrogens with zero attached hydrogens (tertiary/aromatic N) is 2. The van der Waals surface area contributed by atoms with Gasteiger partial charge in [-0.3, -0.25) is 4.79 Å². The zero-order chi connectivity index (χ0) is 23.3. The Morgan fingerprint density at radius 2 is 1.88 bits per heavy atom. The molecule has 34 heavy (non-hydrogen) atoms. The molecule has 2 aliphatic carbocycles. The number of allylic oxidation sites excluding steroid dienone is 1. The van der Waals surface area contributed by atoms with Crippen molar-refractivity contribution in [2.75, 3.05) is 6.54 Å². The number of amides is 1. The lowest BCUT2D eigenvalue weighted by Gasteiger charge is -2.24. The van der Waals surface area contributed by atoms with E-state index in [9.17, 15) is 9.18 Å². The molecule has 0 spiro atoms. The fourth-order valence-electron chi connectivity index (χ4n) is 5.20. The van der Waals surface area contributed by atoms with Gasteiger partial charge in [-0.15, -0.1) is 0 Å². The zero-order valence-corrected chi connectivity index (χ0v) is 19.6. The summed E-state index contributed by atoms with van der Waals surface area (Å²) in [6.07, 6.45) is 15.7. The minimum Gasteiger partial charge on any atom is -0.449 e. The second kappa shape index (κ2) is 10.4. The lowest BCUT2D eigenvalue weighted by Crippen LogP contribution is -2.24. The molecular weight excluding hydrogens is 429 g/mol. The number of carbonyl (C=O) groups excluding carboxylic acids is 1. The van der Waals surface area contributed by atoms with E-state index < -0.39 is 0 Å². The standard InChI is InChI=1S/C28H32FN3O2/c29-22-13-11-21(12-14-22)26-27(32(19-31-26)23-9-5-2-6-10-23)24-15-16-25(34-24)28(33)30-18-17-20-7-3-1-4-8-20/h7,11-16,19,23H,1-6,8-10,17-18H2,(H,30,33). The molecule has 1 N–H and O–H groups in total. The largest absolute Gasteiger partial charge is 0.449 e. The van der Waals surface area contributed by atoms with Crippen LogP contribution in [-0.4, -0.2) is 22.0 Å². The predicted molar refractivity (Wildman–Crippen MR) is 131 cm³/mol. The second-order valence-electron chi connectivity index (χ2n) is 9.43. The molecule has 6 heteroatoms. The summed E-state index contributed by atoms with van der Waals surface area (Å²) in [6.45, 7) is 0.613. The van der Waals surface area contributed by atoms with Crippen molar-refractivity contribution in [1.82, 2.24) is 14.9 Å². The van der Waals surface area contributed by atoms with Crippen molar-refractivity contribution in [2.45, 2.75) is 70.3 Å². The van der Waals surface area contributed by atoms with Gasteiger partial charge in [0.15, 0.2) is 11.5 Å². The molecule has 0 atom stereocenters. The van der Waals surface area contributed by atoms with Crippen LogP contribution < -0.4 is 5.32 Å². The highest BCUT2D eigenvalue weighted by Gasteiger charge is 2.25. The number of hydrogen-bond donors (Lipinski definition) is 1. The van der Waals surface area contributed by atoms with Crippen LogP contribution in [0.25, 0.3) is 22.7 Å². The Kier molecular flexibility index (Phi) is 6.93. The Labute approximate surface area is 200 Å². The van der Waals surface area contributed by atoms with E-state index >= 15 is 0 Å². The number of nitrogens with one attached hydrogen (secondary N) is 1. The molecule has 0 aliphatic heterocycles. The third-order valence-corrected chi connectivity index (χ3v) is 7.06. The maximum Gasteiger partial charge on any atom is 0.287 e. The number of furan rings is 1. The SMILES string of the molecule is O=C(NCCC1=CCCCC1)c1ccc(-c2c(-c3ccc(F)cc3)ncn2C2CCCCC2)o1. The van der Waals surface area contributed by atoms with Crippen LogP contribution in [0.5, 0.6) is 0 Å². The van der Waals surface area contributed by atoms with Gasteiger partial charge in [0.05, 0.1) is 12.0 Å². The van der Waals surface area contributed by atoms with E-state index in [-0.39, 0.29) is 11.7 Å². The van der Waals surface area contributed by atoms with Crippen LogP contribution in [0.4, 0.5) is 4.39 Å². The highest BCUT2D eigenvalue weighted by atomic mass is 19.1. The van der Waals surface area contributed by atoms with Crippen LogP contribution in [-0.2, 0) is 0 Å². The van der Waals surface area contributed by atoms with E-state index in [1.807, 2.05) is 12.4 Å². The summed E-state index contributed by atoms with van der Waals surface area (Å²) >= 11 is 0. The summed E-state index contributed by atoms with van der Waals surface area (Å²) in [5.41, 5.74) is 3.86. The molecular formula is C28H32FN3O2. The van der Waals surface area contributed by atoms with Gasteiger partial charge in [-0.05, 0) is 81.3 Å². The number of hydrogen-bond acceptors (Lipinski definition) is 3. The molecule has 2 aromatic heterocycles. The number of halogens is 1. The van der Waals surface area contributed by atoms with Crippen molar-refractivity contribution >= 4 is 5.91 Å². The van der Waals surface area contributed by atoms with E-state index in [2.05, 4.69) is 16.0 Å².